The second-order valence-corrected chi connectivity index (χ2v) is 10.0. The Bertz CT molecular complexity index is 1120. The molecule has 0 fully saturated rings. The summed E-state index contributed by atoms with van der Waals surface area (Å²) >= 11 is 2.97. The van der Waals surface area contributed by atoms with E-state index >= 15 is 0 Å². The molecule has 1 aromatic heterocycles. The fourth-order valence-electron chi connectivity index (χ4n) is 3.84. The second-order valence-electron chi connectivity index (χ2n) is 7.68. The van der Waals surface area contributed by atoms with Crippen molar-refractivity contribution in [1.82, 2.24) is 9.88 Å². The number of carbonyl (C=O) groups excluding carboxylic acids is 2. The van der Waals surface area contributed by atoms with Crippen LogP contribution in [0.4, 0.5) is 10.8 Å². The van der Waals surface area contributed by atoms with Crippen molar-refractivity contribution < 1.29 is 9.59 Å². The van der Waals surface area contributed by atoms with E-state index in [9.17, 15) is 9.59 Å². The number of rotatable bonds is 5. The van der Waals surface area contributed by atoms with Gasteiger partial charge >= 0.3 is 0 Å². The van der Waals surface area contributed by atoms with Crippen LogP contribution in [-0.4, -0.2) is 33.5 Å². The van der Waals surface area contributed by atoms with Gasteiger partial charge in [0.25, 0.3) is 0 Å². The molecule has 0 radical (unpaired) electrons. The normalized spacial score (nSPS) is 18.1. The van der Waals surface area contributed by atoms with Crippen molar-refractivity contribution in [3.63, 3.8) is 0 Å². The Hall–Kier alpha value is -2.68. The number of nitrogens with zero attached hydrogens (tertiary/aromatic N) is 2. The number of aromatic nitrogens is 1. The lowest BCUT2D eigenvalue weighted by Gasteiger charge is -2.25. The predicted molar refractivity (Wildman–Crippen MR) is 124 cm³/mol. The predicted octanol–water partition coefficient (Wildman–Crippen LogP) is 4.14. The van der Waals surface area contributed by atoms with E-state index in [0.29, 0.717) is 5.13 Å². The molecule has 0 bridgehead atoms. The number of amides is 2. The van der Waals surface area contributed by atoms with Crippen LogP contribution in [-0.2, 0) is 29.1 Å². The van der Waals surface area contributed by atoms with E-state index < -0.39 is 5.25 Å². The summed E-state index contributed by atoms with van der Waals surface area (Å²) in [7, 11) is 0. The molecule has 0 spiro atoms. The summed E-state index contributed by atoms with van der Waals surface area (Å²) in [6.45, 7) is 2.71. The van der Waals surface area contributed by atoms with Gasteiger partial charge in [-0.05, 0) is 17.7 Å². The molecule has 3 aromatic rings. The van der Waals surface area contributed by atoms with E-state index in [4.69, 9.17) is 0 Å². The van der Waals surface area contributed by atoms with E-state index in [0.717, 1.165) is 42.3 Å². The van der Waals surface area contributed by atoms with Crippen molar-refractivity contribution >= 4 is 45.7 Å². The molecule has 2 aliphatic rings. The highest BCUT2D eigenvalue weighted by Crippen LogP contribution is 2.37. The summed E-state index contributed by atoms with van der Waals surface area (Å²) in [4.78, 5) is 34.2. The maximum Gasteiger partial charge on any atom is 0.238 e. The summed E-state index contributed by atoms with van der Waals surface area (Å²) in [6.07, 6.45) is 1.00. The molecule has 0 saturated carbocycles. The van der Waals surface area contributed by atoms with Crippen LogP contribution in [0.2, 0.25) is 0 Å². The number of para-hydroxylation sites is 1. The first-order valence-corrected chi connectivity index (χ1v) is 11.9. The van der Waals surface area contributed by atoms with Gasteiger partial charge in [0.15, 0.2) is 5.13 Å². The van der Waals surface area contributed by atoms with Crippen LogP contribution in [0.1, 0.15) is 22.6 Å². The Labute approximate surface area is 189 Å². The molecule has 8 heteroatoms. The number of thiazole rings is 1. The monoisotopic (exact) mass is 450 g/mol. The first kappa shape index (κ1) is 20.2. The van der Waals surface area contributed by atoms with Crippen molar-refractivity contribution in [2.75, 3.05) is 17.2 Å². The third-order valence-electron chi connectivity index (χ3n) is 5.38. The van der Waals surface area contributed by atoms with Crippen LogP contribution in [0.5, 0.6) is 0 Å². The lowest BCUT2D eigenvalue weighted by Crippen LogP contribution is -2.32. The number of thioether (sulfide) groups is 1. The highest BCUT2D eigenvalue weighted by molar-refractivity contribution is 8.01. The fourth-order valence-corrected chi connectivity index (χ4v) is 6.02. The highest BCUT2D eigenvalue weighted by atomic mass is 32.2. The Morgan fingerprint density at radius 1 is 1.16 bits per heavy atom. The van der Waals surface area contributed by atoms with Gasteiger partial charge in [-0.2, -0.15) is 0 Å². The lowest BCUT2D eigenvalue weighted by atomic mass is 10.1. The van der Waals surface area contributed by atoms with Gasteiger partial charge in [0.05, 0.1) is 16.6 Å². The second kappa shape index (κ2) is 8.82. The minimum atomic E-state index is -0.439. The average Bonchev–Trinajstić information content (AvgIpc) is 3.16. The Morgan fingerprint density at radius 3 is 2.84 bits per heavy atom. The number of nitrogens with one attached hydrogen (secondary N) is 2. The standard InChI is InChI=1S/C23H22N4O2S2/c28-21(12-19-22(29)24-16-8-4-5-9-18(16)30-19)26-23-25-17-10-11-27(14-20(17)31-23)13-15-6-2-1-3-7-15/h1-9,19H,10-14H2,(H,24,29)(H,25,26,28). The molecule has 5 rings (SSSR count). The van der Waals surface area contributed by atoms with Gasteiger partial charge in [0.2, 0.25) is 11.8 Å². The molecule has 2 aromatic carbocycles. The molecule has 1 atom stereocenters. The number of anilines is 2. The van der Waals surface area contributed by atoms with Gasteiger partial charge in [-0.15, -0.1) is 23.1 Å². The molecule has 2 amide bonds. The van der Waals surface area contributed by atoms with Gasteiger partial charge in [0, 0.05) is 42.2 Å². The number of carbonyl (C=O) groups is 2. The van der Waals surface area contributed by atoms with E-state index in [1.165, 1.54) is 33.5 Å². The molecular weight excluding hydrogens is 428 g/mol. The van der Waals surface area contributed by atoms with Crippen molar-refractivity contribution in [1.29, 1.82) is 0 Å². The van der Waals surface area contributed by atoms with E-state index in [1.807, 2.05) is 30.3 Å². The maximum absolute atomic E-state index is 12.6. The molecule has 2 N–H and O–H groups in total. The number of hydrogen-bond acceptors (Lipinski definition) is 6. The zero-order valence-corrected chi connectivity index (χ0v) is 18.5. The third-order valence-corrected chi connectivity index (χ3v) is 7.66. The minimum Gasteiger partial charge on any atom is -0.324 e. The summed E-state index contributed by atoms with van der Waals surface area (Å²) in [5.41, 5.74) is 3.18. The zero-order valence-electron chi connectivity index (χ0n) is 16.8. The Balaban J connectivity index is 1.19. The van der Waals surface area contributed by atoms with Crippen molar-refractivity contribution in [3.8, 4) is 0 Å². The van der Waals surface area contributed by atoms with Crippen LogP contribution in [0, 0.1) is 0 Å². The van der Waals surface area contributed by atoms with Crippen molar-refractivity contribution in [3.05, 3.63) is 70.7 Å². The lowest BCUT2D eigenvalue weighted by molar-refractivity contribution is -0.120. The molecule has 2 aliphatic heterocycles. The first-order valence-electron chi connectivity index (χ1n) is 10.3. The molecule has 31 heavy (non-hydrogen) atoms. The summed E-state index contributed by atoms with van der Waals surface area (Å²) < 4.78 is 0. The number of benzene rings is 2. The van der Waals surface area contributed by atoms with Gasteiger partial charge in [-0.1, -0.05) is 42.5 Å². The molecule has 0 saturated heterocycles. The Morgan fingerprint density at radius 2 is 1.97 bits per heavy atom. The van der Waals surface area contributed by atoms with Crippen molar-refractivity contribution in [2.45, 2.75) is 36.1 Å². The molecule has 1 unspecified atom stereocenters. The molecule has 0 aliphatic carbocycles. The third kappa shape index (κ3) is 4.66. The Kier molecular flexibility index (Phi) is 5.76. The van der Waals surface area contributed by atoms with Crippen LogP contribution >= 0.6 is 23.1 Å². The maximum atomic E-state index is 12.6. The van der Waals surface area contributed by atoms with Gasteiger partial charge < -0.3 is 10.6 Å². The zero-order chi connectivity index (χ0) is 21.2. The largest absolute Gasteiger partial charge is 0.324 e. The summed E-state index contributed by atoms with van der Waals surface area (Å²) in [5.74, 6) is -0.312. The average molecular weight is 451 g/mol. The molecule has 6 nitrogen and oxygen atoms in total. The highest BCUT2D eigenvalue weighted by Gasteiger charge is 2.29. The van der Waals surface area contributed by atoms with Gasteiger partial charge in [-0.3, -0.25) is 14.5 Å². The van der Waals surface area contributed by atoms with Crippen LogP contribution < -0.4 is 10.6 Å². The topological polar surface area (TPSA) is 74.3 Å². The summed E-state index contributed by atoms with van der Waals surface area (Å²) in [5, 5.41) is 5.98. The van der Waals surface area contributed by atoms with E-state index in [1.54, 1.807) is 0 Å². The molecular formula is C23H22N4O2S2. The van der Waals surface area contributed by atoms with Gasteiger partial charge in [0.1, 0.15) is 0 Å². The smallest absolute Gasteiger partial charge is 0.238 e. The van der Waals surface area contributed by atoms with Crippen molar-refractivity contribution in [2.24, 2.45) is 0 Å². The van der Waals surface area contributed by atoms with Crippen LogP contribution in [0.3, 0.4) is 0 Å². The summed E-state index contributed by atoms with van der Waals surface area (Å²) in [6, 6.07) is 18.1. The quantitative estimate of drug-likeness (QED) is 0.611. The molecule has 3 heterocycles. The fraction of sp³-hybridized carbons (Fsp3) is 0.261. The number of hydrogen-bond donors (Lipinski definition) is 2. The van der Waals surface area contributed by atoms with Crippen LogP contribution in [0.15, 0.2) is 59.5 Å². The SMILES string of the molecule is O=C(CC1Sc2ccccc2NC1=O)Nc1nc2c(s1)CN(Cc1ccccc1)CC2. The van der Waals surface area contributed by atoms with Crippen LogP contribution in [0.25, 0.3) is 0 Å². The van der Waals surface area contributed by atoms with E-state index in [2.05, 4.69) is 44.8 Å². The number of fused-ring (bicyclic) bond motifs is 2. The van der Waals surface area contributed by atoms with E-state index in [-0.39, 0.29) is 18.2 Å². The van der Waals surface area contributed by atoms with Gasteiger partial charge in [-0.25, -0.2) is 4.98 Å². The first-order chi connectivity index (χ1) is 15.1. The minimum absolute atomic E-state index is 0.120. The molecule has 158 valence electrons.